The average molecular weight is 350 g/mol. The molecule has 0 saturated heterocycles. The largest absolute Gasteiger partial charge is 0.481 e. The van der Waals surface area contributed by atoms with Crippen molar-refractivity contribution in [3.8, 4) is 0 Å². The highest BCUT2D eigenvalue weighted by Gasteiger charge is 2.21. The molecule has 0 radical (unpaired) electrons. The van der Waals surface area contributed by atoms with Crippen LogP contribution in [0.2, 0.25) is 5.02 Å². The Morgan fingerprint density at radius 1 is 1.36 bits per heavy atom. The minimum atomic E-state index is -3.91. The highest BCUT2D eigenvalue weighted by molar-refractivity contribution is 7.89. The normalized spacial score (nSPS) is 11.2. The lowest BCUT2D eigenvalue weighted by molar-refractivity contribution is -0.137. The maximum atomic E-state index is 12.2. The summed E-state index contributed by atoms with van der Waals surface area (Å²) in [7, 11) is -2.74. The van der Waals surface area contributed by atoms with Crippen molar-refractivity contribution >= 4 is 33.6 Å². The van der Waals surface area contributed by atoms with Crippen LogP contribution in [0, 0.1) is 6.92 Å². The first-order valence-electron chi connectivity index (χ1n) is 6.29. The molecule has 0 aromatic heterocycles. The summed E-state index contributed by atoms with van der Waals surface area (Å²) in [5, 5.41) is 8.64. The highest BCUT2D eigenvalue weighted by Crippen LogP contribution is 2.25. The Balaban J connectivity index is 3.05. The number of carbonyl (C=O) groups is 2. The van der Waals surface area contributed by atoms with E-state index in [1.165, 1.54) is 26.2 Å². The summed E-state index contributed by atoms with van der Waals surface area (Å²) in [4.78, 5) is 21.8. The third-order valence-corrected chi connectivity index (χ3v) is 4.85. The van der Waals surface area contributed by atoms with Gasteiger partial charge in [0.15, 0.2) is 0 Å². The zero-order chi connectivity index (χ0) is 16.9. The lowest BCUT2D eigenvalue weighted by atomic mass is 10.1. The molecule has 0 saturated carbocycles. The number of carboxylic acid groups (broad SMARTS) is 1. The van der Waals surface area contributed by atoms with Crippen molar-refractivity contribution in [2.24, 2.45) is 0 Å². The predicted molar refractivity (Wildman–Crippen MR) is 79.6 cm³/mol. The number of halogens is 1. The predicted octanol–water partition coefficient (Wildman–Crippen LogP) is 1.58. The summed E-state index contributed by atoms with van der Waals surface area (Å²) < 4.78 is 31.3. The second-order valence-electron chi connectivity index (χ2n) is 4.47. The lowest BCUT2D eigenvalue weighted by Crippen LogP contribution is -2.26. The van der Waals surface area contributed by atoms with Crippen LogP contribution in [0.25, 0.3) is 0 Å². The molecule has 1 aromatic rings. The Kier molecular flexibility index (Phi) is 6.34. The Morgan fingerprint density at radius 2 is 2.00 bits per heavy atom. The molecule has 1 rings (SSSR count). The van der Waals surface area contributed by atoms with Crippen molar-refractivity contribution in [2.75, 3.05) is 13.7 Å². The molecule has 7 nitrogen and oxygen atoms in total. The van der Waals surface area contributed by atoms with Crippen molar-refractivity contribution in [3.63, 3.8) is 0 Å². The third-order valence-electron chi connectivity index (χ3n) is 2.87. The number of ether oxygens (including phenoxy) is 1. The molecule has 1 aromatic carbocycles. The molecule has 2 N–H and O–H groups in total. The monoisotopic (exact) mass is 349 g/mol. The van der Waals surface area contributed by atoms with Gasteiger partial charge < -0.3 is 9.84 Å². The van der Waals surface area contributed by atoms with Gasteiger partial charge in [-0.2, -0.15) is 0 Å². The van der Waals surface area contributed by atoms with Crippen LogP contribution in [-0.2, 0) is 19.6 Å². The van der Waals surface area contributed by atoms with E-state index in [4.69, 9.17) is 16.7 Å². The molecule has 0 atom stereocenters. The van der Waals surface area contributed by atoms with Crippen LogP contribution in [0.3, 0.4) is 0 Å². The number of hydrogen-bond acceptors (Lipinski definition) is 5. The van der Waals surface area contributed by atoms with Crippen LogP contribution in [-0.4, -0.2) is 39.1 Å². The van der Waals surface area contributed by atoms with Crippen LogP contribution in [0.4, 0.5) is 0 Å². The van der Waals surface area contributed by atoms with Crippen LogP contribution < -0.4 is 4.72 Å². The number of esters is 1. The molecule has 9 heteroatoms. The molecule has 0 heterocycles. The van der Waals surface area contributed by atoms with E-state index < -0.39 is 22.0 Å². The highest BCUT2D eigenvalue weighted by atomic mass is 35.5. The Hall–Kier alpha value is -1.64. The minimum Gasteiger partial charge on any atom is -0.481 e. The van der Waals surface area contributed by atoms with E-state index in [0.717, 1.165) is 0 Å². The zero-order valence-electron chi connectivity index (χ0n) is 12.1. The zero-order valence-corrected chi connectivity index (χ0v) is 13.6. The van der Waals surface area contributed by atoms with E-state index >= 15 is 0 Å². The van der Waals surface area contributed by atoms with Crippen LogP contribution in [0.5, 0.6) is 0 Å². The Bertz CT molecular complexity index is 686. The smallest absolute Gasteiger partial charge is 0.337 e. The van der Waals surface area contributed by atoms with Crippen molar-refractivity contribution in [1.29, 1.82) is 0 Å². The van der Waals surface area contributed by atoms with Crippen molar-refractivity contribution in [1.82, 2.24) is 4.72 Å². The molecule has 0 bridgehead atoms. The first-order chi connectivity index (χ1) is 10.2. The summed E-state index contributed by atoms with van der Waals surface area (Å²) in [6.07, 6.45) is 0.00247. The van der Waals surface area contributed by atoms with Crippen LogP contribution in [0.15, 0.2) is 17.0 Å². The maximum absolute atomic E-state index is 12.2. The second kappa shape index (κ2) is 7.57. The van der Waals surface area contributed by atoms with E-state index in [9.17, 15) is 18.0 Å². The number of benzene rings is 1. The first kappa shape index (κ1) is 18.4. The van der Waals surface area contributed by atoms with Gasteiger partial charge in [-0.15, -0.1) is 0 Å². The van der Waals surface area contributed by atoms with E-state index in [0.29, 0.717) is 5.56 Å². The number of methoxy groups -OCH3 is 1. The molecule has 22 heavy (non-hydrogen) atoms. The fourth-order valence-corrected chi connectivity index (χ4v) is 3.33. The van der Waals surface area contributed by atoms with E-state index in [1.807, 2.05) is 0 Å². The molecule has 0 amide bonds. The average Bonchev–Trinajstić information content (AvgIpc) is 2.45. The maximum Gasteiger partial charge on any atom is 0.337 e. The molecule has 0 aliphatic heterocycles. The number of carbonyl (C=O) groups excluding carboxylic acids is 1. The van der Waals surface area contributed by atoms with Gasteiger partial charge in [0.1, 0.15) is 0 Å². The number of nitrogens with one attached hydrogen (secondary N) is 1. The summed E-state index contributed by atoms with van der Waals surface area (Å²) in [6, 6.07) is 2.50. The number of hydrogen-bond donors (Lipinski definition) is 2. The van der Waals surface area contributed by atoms with Crippen molar-refractivity contribution < 1.29 is 27.9 Å². The van der Waals surface area contributed by atoms with Gasteiger partial charge in [0, 0.05) is 18.0 Å². The lowest BCUT2D eigenvalue weighted by Gasteiger charge is -2.12. The molecular weight excluding hydrogens is 334 g/mol. The van der Waals surface area contributed by atoms with Gasteiger partial charge in [0.25, 0.3) is 0 Å². The van der Waals surface area contributed by atoms with Crippen molar-refractivity contribution in [3.05, 3.63) is 28.3 Å². The van der Waals surface area contributed by atoms with E-state index in [-0.39, 0.29) is 34.9 Å². The van der Waals surface area contributed by atoms with Gasteiger partial charge in [-0.1, -0.05) is 11.6 Å². The van der Waals surface area contributed by atoms with E-state index in [2.05, 4.69) is 9.46 Å². The minimum absolute atomic E-state index is 0.0176. The van der Waals surface area contributed by atoms with Gasteiger partial charge >= 0.3 is 11.9 Å². The SMILES string of the molecule is COC(=O)c1cc(Cl)c(C)c(S(=O)(=O)NCCCC(=O)O)c1. The molecule has 122 valence electrons. The van der Waals surface area contributed by atoms with E-state index in [1.54, 1.807) is 0 Å². The van der Waals surface area contributed by atoms with Crippen LogP contribution in [0.1, 0.15) is 28.8 Å². The van der Waals surface area contributed by atoms with Crippen molar-refractivity contribution in [2.45, 2.75) is 24.7 Å². The second-order valence-corrected chi connectivity index (χ2v) is 6.61. The number of aliphatic carboxylic acids is 1. The first-order valence-corrected chi connectivity index (χ1v) is 8.15. The quantitative estimate of drug-likeness (QED) is 0.571. The summed E-state index contributed by atoms with van der Waals surface area (Å²) in [6.45, 7) is 1.48. The van der Waals surface area contributed by atoms with Gasteiger partial charge in [0.05, 0.1) is 17.6 Å². The standard InChI is InChI=1S/C13H16ClNO6S/c1-8-10(14)6-9(13(18)21-2)7-11(8)22(19,20)15-5-3-4-12(16)17/h6-7,15H,3-5H2,1-2H3,(H,16,17). The molecular formula is C13H16ClNO6S. The molecule has 0 spiro atoms. The van der Waals surface area contributed by atoms with Gasteiger partial charge in [-0.25, -0.2) is 17.9 Å². The topological polar surface area (TPSA) is 110 Å². The summed E-state index contributed by atoms with van der Waals surface area (Å²) in [5.41, 5.74) is 0.309. The van der Waals surface area contributed by atoms with Crippen LogP contribution >= 0.6 is 11.6 Å². The number of sulfonamides is 1. The molecule has 0 aliphatic rings. The Morgan fingerprint density at radius 3 is 2.55 bits per heavy atom. The molecule has 0 fully saturated rings. The summed E-state index contributed by atoms with van der Waals surface area (Å²) >= 11 is 5.95. The van der Waals surface area contributed by atoms with Gasteiger partial charge in [0.2, 0.25) is 10.0 Å². The van der Waals surface area contributed by atoms with Gasteiger partial charge in [-0.05, 0) is 31.0 Å². The fourth-order valence-electron chi connectivity index (χ4n) is 1.69. The third kappa shape index (κ3) is 4.69. The number of rotatable bonds is 7. The molecule has 0 unspecified atom stereocenters. The fraction of sp³-hybridized carbons (Fsp3) is 0.385. The Labute approximate surface area is 133 Å². The number of carboxylic acids is 1. The van der Waals surface area contributed by atoms with Gasteiger partial charge in [-0.3, -0.25) is 4.79 Å². The molecule has 0 aliphatic carbocycles. The summed E-state index contributed by atoms with van der Waals surface area (Å²) in [5.74, 6) is -1.71.